The van der Waals surface area contributed by atoms with Gasteiger partial charge in [-0.2, -0.15) is 0 Å². The van der Waals surface area contributed by atoms with E-state index >= 15 is 0 Å². The molecule has 6 heteroatoms. The Balaban J connectivity index is 2.94. The van der Waals surface area contributed by atoms with Crippen LogP contribution in [0.25, 0.3) is 6.08 Å². The van der Waals surface area contributed by atoms with Crippen molar-refractivity contribution in [2.24, 2.45) is 0 Å². The van der Waals surface area contributed by atoms with Crippen LogP contribution >= 0.6 is 11.6 Å². The van der Waals surface area contributed by atoms with Gasteiger partial charge in [0.2, 0.25) is 5.28 Å². The van der Waals surface area contributed by atoms with Crippen LogP contribution in [0.3, 0.4) is 0 Å². The highest BCUT2D eigenvalue weighted by Gasteiger charge is 2.19. The zero-order valence-electron chi connectivity index (χ0n) is 11.7. The highest BCUT2D eigenvalue weighted by atomic mass is 35.5. The zero-order valence-corrected chi connectivity index (χ0v) is 12.5. The fraction of sp³-hybridized carbons (Fsp3) is 0.538. The molecule has 1 aromatic heterocycles. The minimum Gasteiger partial charge on any atom is -0.501 e. The first-order chi connectivity index (χ1) is 8.98. The van der Waals surface area contributed by atoms with Crippen LogP contribution in [0.4, 0.5) is 5.82 Å². The Morgan fingerprint density at radius 1 is 1.47 bits per heavy atom. The summed E-state index contributed by atoms with van der Waals surface area (Å²) in [5.74, 6) is 0.651. The van der Waals surface area contributed by atoms with Crippen LogP contribution in [0, 0.1) is 0 Å². The maximum absolute atomic E-state index is 5.84. The number of halogens is 1. The average molecular weight is 286 g/mol. The molecule has 1 rings (SSSR count). The Morgan fingerprint density at radius 3 is 2.84 bits per heavy atom. The maximum atomic E-state index is 5.84. The van der Waals surface area contributed by atoms with Gasteiger partial charge in [-0.1, -0.05) is 0 Å². The summed E-state index contributed by atoms with van der Waals surface area (Å²) in [6.07, 6.45) is 5.06. The SMILES string of the molecule is CCOC=Cc1cnc(Cl)nc1NC(C)(C)COC. The molecule has 0 saturated carbocycles. The first-order valence-corrected chi connectivity index (χ1v) is 6.44. The summed E-state index contributed by atoms with van der Waals surface area (Å²) in [4.78, 5) is 8.17. The first kappa shape index (κ1) is 15.7. The van der Waals surface area contributed by atoms with Crippen LogP contribution in [-0.2, 0) is 9.47 Å². The van der Waals surface area contributed by atoms with Gasteiger partial charge >= 0.3 is 0 Å². The number of nitrogens with one attached hydrogen (secondary N) is 1. The summed E-state index contributed by atoms with van der Waals surface area (Å²) in [5, 5.41) is 3.49. The van der Waals surface area contributed by atoms with Crippen molar-refractivity contribution in [1.82, 2.24) is 9.97 Å². The number of rotatable bonds is 7. The maximum Gasteiger partial charge on any atom is 0.224 e. The number of aromatic nitrogens is 2. The minimum atomic E-state index is -0.263. The summed E-state index contributed by atoms with van der Waals surface area (Å²) in [6.45, 7) is 7.11. The van der Waals surface area contributed by atoms with Gasteiger partial charge in [-0.3, -0.25) is 0 Å². The number of nitrogens with zero attached hydrogens (tertiary/aromatic N) is 2. The highest BCUT2D eigenvalue weighted by Crippen LogP contribution is 2.20. The fourth-order valence-electron chi connectivity index (χ4n) is 1.53. The number of hydrogen-bond donors (Lipinski definition) is 1. The van der Waals surface area contributed by atoms with E-state index in [1.165, 1.54) is 0 Å². The molecule has 0 aliphatic carbocycles. The molecule has 0 bridgehead atoms. The average Bonchev–Trinajstić information content (AvgIpc) is 2.31. The summed E-state index contributed by atoms with van der Waals surface area (Å²) in [5.41, 5.74) is 0.544. The van der Waals surface area contributed by atoms with Gasteiger partial charge in [0.25, 0.3) is 0 Å². The van der Waals surface area contributed by atoms with Crippen molar-refractivity contribution in [2.45, 2.75) is 26.3 Å². The normalized spacial score (nSPS) is 11.8. The van der Waals surface area contributed by atoms with Gasteiger partial charge in [0.1, 0.15) is 5.82 Å². The number of hydrogen-bond acceptors (Lipinski definition) is 5. The predicted molar refractivity (Wildman–Crippen MR) is 77.3 cm³/mol. The third-order valence-electron chi connectivity index (χ3n) is 2.26. The van der Waals surface area contributed by atoms with E-state index in [1.807, 2.05) is 20.8 Å². The monoisotopic (exact) mass is 285 g/mol. The van der Waals surface area contributed by atoms with Gasteiger partial charge in [-0.05, 0) is 38.4 Å². The summed E-state index contributed by atoms with van der Waals surface area (Å²) < 4.78 is 10.3. The fourth-order valence-corrected chi connectivity index (χ4v) is 1.66. The molecule has 0 unspecified atom stereocenters. The molecule has 0 spiro atoms. The van der Waals surface area contributed by atoms with Crippen molar-refractivity contribution in [3.05, 3.63) is 23.3 Å². The van der Waals surface area contributed by atoms with E-state index in [-0.39, 0.29) is 10.8 Å². The number of anilines is 1. The van der Waals surface area contributed by atoms with Crippen molar-refractivity contribution in [2.75, 3.05) is 25.6 Å². The molecule has 0 amide bonds. The van der Waals surface area contributed by atoms with Crippen LogP contribution in [0.15, 0.2) is 12.5 Å². The summed E-state index contributed by atoms with van der Waals surface area (Å²) >= 11 is 5.84. The van der Waals surface area contributed by atoms with E-state index in [2.05, 4.69) is 15.3 Å². The van der Waals surface area contributed by atoms with Gasteiger partial charge in [0.15, 0.2) is 0 Å². The van der Waals surface area contributed by atoms with Gasteiger partial charge in [0, 0.05) is 18.9 Å². The van der Waals surface area contributed by atoms with Crippen LogP contribution in [0.2, 0.25) is 5.28 Å². The van der Waals surface area contributed by atoms with Crippen LogP contribution in [-0.4, -0.2) is 35.8 Å². The van der Waals surface area contributed by atoms with Crippen molar-refractivity contribution in [3.8, 4) is 0 Å². The molecule has 5 nitrogen and oxygen atoms in total. The Bertz CT molecular complexity index is 436. The van der Waals surface area contributed by atoms with Gasteiger partial charge in [-0.15, -0.1) is 0 Å². The lowest BCUT2D eigenvalue weighted by atomic mass is 10.1. The lowest BCUT2D eigenvalue weighted by Gasteiger charge is -2.26. The first-order valence-electron chi connectivity index (χ1n) is 6.06. The topological polar surface area (TPSA) is 56.3 Å². The Labute approximate surface area is 119 Å². The molecular formula is C13H20ClN3O2. The van der Waals surface area contributed by atoms with Crippen molar-refractivity contribution >= 4 is 23.5 Å². The van der Waals surface area contributed by atoms with E-state index < -0.39 is 0 Å². The second-order valence-corrected chi connectivity index (χ2v) is 4.98. The quantitative estimate of drug-likeness (QED) is 0.616. The smallest absolute Gasteiger partial charge is 0.224 e. The van der Waals surface area contributed by atoms with Crippen LogP contribution in [0.1, 0.15) is 26.3 Å². The van der Waals surface area contributed by atoms with Crippen molar-refractivity contribution in [3.63, 3.8) is 0 Å². The molecule has 0 aliphatic rings. The molecule has 0 radical (unpaired) electrons. The molecule has 1 aromatic rings. The van der Waals surface area contributed by atoms with Gasteiger partial charge in [0.05, 0.1) is 25.0 Å². The lowest BCUT2D eigenvalue weighted by Crippen LogP contribution is -2.36. The number of ether oxygens (including phenoxy) is 2. The Hall–Kier alpha value is -1.33. The molecule has 1 heterocycles. The van der Waals surface area contributed by atoms with Crippen molar-refractivity contribution < 1.29 is 9.47 Å². The molecule has 106 valence electrons. The van der Waals surface area contributed by atoms with Gasteiger partial charge in [-0.25, -0.2) is 9.97 Å². The molecule has 0 fully saturated rings. The number of methoxy groups -OCH3 is 1. The van der Waals surface area contributed by atoms with Gasteiger partial charge < -0.3 is 14.8 Å². The Morgan fingerprint density at radius 2 is 2.21 bits per heavy atom. The second-order valence-electron chi connectivity index (χ2n) is 4.64. The predicted octanol–water partition coefficient (Wildman–Crippen LogP) is 2.97. The molecule has 0 atom stereocenters. The van der Waals surface area contributed by atoms with E-state index in [4.69, 9.17) is 21.1 Å². The molecule has 19 heavy (non-hydrogen) atoms. The molecule has 0 aliphatic heterocycles. The summed E-state index contributed by atoms with van der Waals surface area (Å²) in [6, 6.07) is 0. The van der Waals surface area contributed by atoms with Crippen LogP contribution in [0.5, 0.6) is 0 Å². The second kappa shape index (κ2) is 7.31. The van der Waals surface area contributed by atoms with E-state index in [0.717, 1.165) is 5.56 Å². The highest BCUT2D eigenvalue weighted by molar-refractivity contribution is 6.28. The lowest BCUT2D eigenvalue weighted by molar-refractivity contribution is 0.158. The molecule has 1 N–H and O–H groups in total. The summed E-state index contributed by atoms with van der Waals surface area (Å²) in [7, 11) is 1.66. The molecule has 0 aromatic carbocycles. The van der Waals surface area contributed by atoms with E-state index in [1.54, 1.807) is 25.6 Å². The Kier molecular flexibility index (Phi) is 6.05. The van der Waals surface area contributed by atoms with E-state index in [9.17, 15) is 0 Å². The molecular weight excluding hydrogens is 266 g/mol. The van der Waals surface area contributed by atoms with Crippen molar-refractivity contribution in [1.29, 1.82) is 0 Å². The molecule has 0 saturated heterocycles. The standard InChI is InChI=1S/C13H20ClN3O2/c1-5-19-7-6-10-8-15-12(14)16-11(10)17-13(2,3)9-18-4/h6-8H,5,9H2,1-4H3,(H,15,16,17). The minimum absolute atomic E-state index is 0.198. The van der Waals surface area contributed by atoms with Crippen LogP contribution < -0.4 is 5.32 Å². The zero-order chi connectivity index (χ0) is 14.3. The largest absolute Gasteiger partial charge is 0.501 e. The van der Waals surface area contributed by atoms with E-state index in [0.29, 0.717) is 19.0 Å². The third kappa shape index (κ3) is 5.44. The third-order valence-corrected chi connectivity index (χ3v) is 2.44.